The van der Waals surface area contributed by atoms with Crippen LogP contribution in [0, 0.1) is 0 Å². The van der Waals surface area contributed by atoms with Gasteiger partial charge in [-0.05, 0) is 45.7 Å². The molecule has 0 amide bonds. The zero-order valence-corrected chi connectivity index (χ0v) is 13.6. The lowest BCUT2D eigenvalue weighted by Crippen LogP contribution is -2.59. The molecule has 1 heterocycles. The van der Waals surface area contributed by atoms with Crippen LogP contribution in [0.15, 0.2) is 0 Å². The zero-order valence-electron chi connectivity index (χ0n) is 13.6. The molecule has 2 N–H and O–H groups in total. The molecule has 2 nitrogen and oxygen atoms in total. The van der Waals surface area contributed by atoms with Crippen LogP contribution in [0.2, 0.25) is 0 Å². The van der Waals surface area contributed by atoms with Gasteiger partial charge >= 0.3 is 0 Å². The Hall–Kier alpha value is -0.0800. The van der Waals surface area contributed by atoms with Gasteiger partial charge in [0.1, 0.15) is 0 Å². The van der Waals surface area contributed by atoms with Crippen molar-refractivity contribution < 1.29 is 0 Å². The van der Waals surface area contributed by atoms with E-state index >= 15 is 0 Å². The molecular weight excluding hydrogens is 232 g/mol. The summed E-state index contributed by atoms with van der Waals surface area (Å²) in [6, 6.07) is 0.345. The predicted octanol–water partition coefficient (Wildman–Crippen LogP) is 4.33. The molecule has 1 aliphatic heterocycles. The fourth-order valence-electron chi connectivity index (χ4n) is 3.40. The lowest BCUT2D eigenvalue weighted by atomic mass is 9.83. The van der Waals surface area contributed by atoms with Gasteiger partial charge in [0.2, 0.25) is 0 Å². The summed E-state index contributed by atoms with van der Waals surface area (Å²) >= 11 is 0. The number of rotatable bonds is 9. The van der Waals surface area contributed by atoms with E-state index in [0.29, 0.717) is 6.04 Å². The van der Waals surface area contributed by atoms with E-state index in [4.69, 9.17) is 5.73 Å². The van der Waals surface area contributed by atoms with Crippen LogP contribution >= 0.6 is 0 Å². The Balaban J connectivity index is 2.38. The van der Waals surface area contributed by atoms with Crippen molar-refractivity contribution in [2.45, 2.75) is 96.6 Å². The van der Waals surface area contributed by atoms with Gasteiger partial charge in [-0.3, -0.25) is 4.90 Å². The van der Waals surface area contributed by atoms with Crippen LogP contribution in [0.25, 0.3) is 0 Å². The molecule has 2 atom stereocenters. The topological polar surface area (TPSA) is 29.3 Å². The summed E-state index contributed by atoms with van der Waals surface area (Å²) in [5.74, 6) is 0. The fourth-order valence-corrected chi connectivity index (χ4v) is 3.40. The molecule has 2 unspecified atom stereocenters. The Bertz CT molecular complexity index is 223. The normalized spacial score (nSPS) is 22.1. The molecule has 0 bridgehead atoms. The van der Waals surface area contributed by atoms with Gasteiger partial charge in [-0.25, -0.2) is 0 Å². The highest BCUT2D eigenvalue weighted by Gasteiger charge is 2.36. The minimum atomic E-state index is 0.227. The van der Waals surface area contributed by atoms with Gasteiger partial charge < -0.3 is 5.73 Å². The Morgan fingerprint density at radius 2 is 1.63 bits per heavy atom. The van der Waals surface area contributed by atoms with Crippen LogP contribution in [-0.2, 0) is 0 Å². The summed E-state index contributed by atoms with van der Waals surface area (Å²) < 4.78 is 0. The van der Waals surface area contributed by atoms with Crippen molar-refractivity contribution in [3.63, 3.8) is 0 Å². The maximum Gasteiger partial charge on any atom is 0.0329 e. The zero-order chi connectivity index (χ0) is 14.1. The quantitative estimate of drug-likeness (QED) is 0.631. The summed E-state index contributed by atoms with van der Waals surface area (Å²) in [4.78, 5) is 2.67. The van der Waals surface area contributed by atoms with Crippen molar-refractivity contribution in [1.29, 1.82) is 0 Å². The smallest absolute Gasteiger partial charge is 0.0329 e. The third-order valence-electron chi connectivity index (χ3n) is 5.21. The predicted molar refractivity (Wildman–Crippen MR) is 85.5 cm³/mol. The van der Waals surface area contributed by atoms with Crippen molar-refractivity contribution in [3.05, 3.63) is 0 Å². The molecular formula is C17H36N2. The molecule has 0 aromatic rings. The number of nitrogens with two attached hydrogens (primary N) is 1. The van der Waals surface area contributed by atoms with E-state index in [0.717, 1.165) is 0 Å². The Morgan fingerprint density at radius 3 is 2.21 bits per heavy atom. The van der Waals surface area contributed by atoms with Gasteiger partial charge in [0.15, 0.2) is 0 Å². The van der Waals surface area contributed by atoms with E-state index < -0.39 is 0 Å². The number of hydrogen-bond acceptors (Lipinski definition) is 2. The second-order valence-corrected chi connectivity index (χ2v) is 6.57. The van der Waals surface area contributed by atoms with E-state index in [1.165, 1.54) is 77.3 Å². The van der Waals surface area contributed by atoms with Crippen molar-refractivity contribution in [2.24, 2.45) is 5.73 Å². The van der Waals surface area contributed by atoms with Gasteiger partial charge in [0.05, 0.1) is 0 Å². The molecule has 1 rings (SSSR count). The maximum atomic E-state index is 6.57. The summed E-state index contributed by atoms with van der Waals surface area (Å²) in [6.07, 6.45) is 13.3. The molecule has 2 heteroatoms. The third kappa shape index (κ3) is 5.07. The first kappa shape index (κ1) is 17.0. The molecule has 0 radical (unpaired) electrons. The second-order valence-electron chi connectivity index (χ2n) is 6.57. The molecule has 0 aliphatic carbocycles. The first-order valence-corrected chi connectivity index (χ1v) is 8.65. The van der Waals surface area contributed by atoms with Crippen LogP contribution in [0.5, 0.6) is 0 Å². The van der Waals surface area contributed by atoms with Crippen molar-refractivity contribution >= 4 is 0 Å². The number of nitrogens with zero attached hydrogens (tertiary/aromatic N) is 1. The van der Waals surface area contributed by atoms with Crippen molar-refractivity contribution in [1.82, 2.24) is 4.90 Å². The van der Waals surface area contributed by atoms with E-state index in [1.807, 2.05) is 0 Å². The molecule has 1 saturated heterocycles. The van der Waals surface area contributed by atoms with Crippen molar-refractivity contribution in [2.75, 3.05) is 13.1 Å². The summed E-state index contributed by atoms with van der Waals surface area (Å²) in [6.45, 7) is 9.50. The van der Waals surface area contributed by atoms with Crippen LogP contribution in [0.4, 0.5) is 0 Å². The number of unbranched alkanes of at least 4 members (excludes halogenated alkanes) is 4. The molecule has 1 fully saturated rings. The number of likely N-dealkylation sites (tertiary alicyclic amines) is 1. The molecule has 0 spiro atoms. The van der Waals surface area contributed by atoms with Gasteiger partial charge in [0, 0.05) is 11.6 Å². The highest BCUT2D eigenvalue weighted by atomic mass is 15.2. The first-order chi connectivity index (χ1) is 9.15. The monoisotopic (exact) mass is 268 g/mol. The summed E-state index contributed by atoms with van der Waals surface area (Å²) in [7, 11) is 0. The molecule has 1 aliphatic rings. The minimum absolute atomic E-state index is 0.227. The fraction of sp³-hybridized carbons (Fsp3) is 1.00. The standard InChI is InChI=1S/C17H36N2/c1-4-6-7-8-10-13-16(18)17(3,5-2)19-14-11-9-12-15-19/h16H,4-15,18H2,1-3H3. The van der Waals surface area contributed by atoms with Gasteiger partial charge in [-0.1, -0.05) is 52.4 Å². The largest absolute Gasteiger partial charge is 0.326 e. The van der Waals surface area contributed by atoms with E-state index in [2.05, 4.69) is 25.7 Å². The van der Waals surface area contributed by atoms with Crippen molar-refractivity contribution in [3.8, 4) is 0 Å². The Kier molecular flexibility index (Phi) is 8.01. The molecule has 114 valence electrons. The van der Waals surface area contributed by atoms with Crippen LogP contribution < -0.4 is 5.73 Å². The van der Waals surface area contributed by atoms with E-state index in [-0.39, 0.29) is 5.54 Å². The summed E-state index contributed by atoms with van der Waals surface area (Å²) in [5.41, 5.74) is 6.79. The summed E-state index contributed by atoms with van der Waals surface area (Å²) in [5, 5.41) is 0. The molecule has 0 aromatic carbocycles. The number of hydrogen-bond donors (Lipinski definition) is 1. The third-order valence-corrected chi connectivity index (χ3v) is 5.21. The Labute approximate surface area is 121 Å². The second kappa shape index (κ2) is 8.97. The first-order valence-electron chi connectivity index (χ1n) is 8.65. The van der Waals surface area contributed by atoms with Gasteiger partial charge in [0.25, 0.3) is 0 Å². The molecule has 0 saturated carbocycles. The lowest BCUT2D eigenvalue weighted by molar-refractivity contribution is 0.0514. The highest BCUT2D eigenvalue weighted by molar-refractivity contribution is 4.95. The van der Waals surface area contributed by atoms with E-state index in [1.54, 1.807) is 0 Å². The Morgan fingerprint density at radius 1 is 1.00 bits per heavy atom. The highest BCUT2D eigenvalue weighted by Crippen LogP contribution is 2.28. The minimum Gasteiger partial charge on any atom is -0.326 e. The van der Waals surface area contributed by atoms with Crippen LogP contribution in [0.3, 0.4) is 0 Å². The lowest BCUT2D eigenvalue weighted by Gasteiger charge is -2.47. The van der Waals surface area contributed by atoms with Gasteiger partial charge in [-0.15, -0.1) is 0 Å². The van der Waals surface area contributed by atoms with Gasteiger partial charge in [-0.2, -0.15) is 0 Å². The average molecular weight is 268 g/mol. The van der Waals surface area contributed by atoms with Crippen LogP contribution in [0.1, 0.15) is 85.0 Å². The maximum absolute atomic E-state index is 6.57. The molecule has 19 heavy (non-hydrogen) atoms. The van der Waals surface area contributed by atoms with E-state index in [9.17, 15) is 0 Å². The average Bonchev–Trinajstić information content (AvgIpc) is 2.46. The molecule has 0 aromatic heterocycles. The number of piperidine rings is 1. The van der Waals surface area contributed by atoms with Crippen LogP contribution in [-0.4, -0.2) is 29.6 Å². The SMILES string of the molecule is CCCCCCCC(N)C(C)(CC)N1CCCCC1.